The topological polar surface area (TPSA) is 84.9 Å². The van der Waals surface area contributed by atoms with Crippen molar-refractivity contribution < 1.29 is 28.2 Å². The zero-order valence-electron chi connectivity index (χ0n) is 19.0. The van der Waals surface area contributed by atoms with Gasteiger partial charge in [-0.25, -0.2) is 4.39 Å². The quantitative estimate of drug-likeness (QED) is 0.377. The van der Waals surface area contributed by atoms with Gasteiger partial charge in [0.2, 0.25) is 5.91 Å². The summed E-state index contributed by atoms with van der Waals surface area (Å²) >= 11 is 6.66. The van der Waals surface area contributed by atoms with Crippen LogP contribution in [0.15, 0.2) is 71.6 Å². The number of halogens is 2. The maximum Gasteiger partial charge on any atom is 0.294 e. The van der Waals surface area contributed by atoms with Crippen molar-refractivity contribution in [3.63, 3.8) is 0 Å². The van der Waals surface area contributed by atoms with Crippen molar-refractivity contribution in [3.8, 4) is 11.5 Å². The van der Waals surface area contributed by atoms with Gasteiger partial charge in [-0.1, -0.05) is 35.9 Å². The second kappa shape index (κ2) is 11.3. The number of imide groups is 1. The van der Waals surface area contributed by atoms with Crippen LogP contribution in [0.2, 0.25) is 5.02 Å². The summed E-state index contributed by atoms with van der Waals surface area (Å²) in [5, 5.41) is 2.52. The Morgan fingerprint density at radius 2 is 1.86 bits per heavy atom. The molecule has 0 aliphatic carbocycles. The average Bonchev–Trinajstić information content (AvgIpc) is 3.11. The SMILES string of the molecule is COc1cc(/C=C2\SC(=O)N(CC(=O)Nc3cccc(Cl)c3)C2=O)ccc1OCc1ccc(F)cc1. The van der Waals surface area contributed by atoms with Gasteiger partial charge in [-0.2, -0.15) is 0 Å². The second-order valence-corrected chi connectivity index (χ2v) is 9.08. The Morgan fingerprint density at radius 1 is 1.08 bits per heavy atom. The highest BCUT2D eigenvalue weighted by Crippen LogP contribution is 2.34. The molecule has 1 N–H and O–H groups in total. The molecule has 7 nitrogen and oxygen atoms in total. The van der Waals surface area contributed by atoms with Crippen LogP contribution in [-0.2, 0) is 16.2 Å². The van der Waals surface area contributed by atoms with Gasteiger partial charge in [0.25, 0.3) is 11.1 Å². The van der Waals surface area contributed by atoms with Crippen LogP contribution in [0.25, 0.3) is 6.08 Å². The van der Waals surface area contributed by atoms with Gasteiger partial charge in [-0.3, -0.25) is 19.3 Å². The van der Waals surface area contributed by atoms with Crippen molar-refractivity contribution in [2.75, 3.05) is 19.0 Å². The van der Waals surface area contributed by atoms with Crippen LogP contribution in [0.1, 0.15) is 11.1 Å². The molecule has 1 aliphatic rings. The van der Waals surface area contributed by atoms with Crippen molar-refractivity contribution in [1.29, 1.82) is 0 Å². The van der Waals surface area contributed by atoms with Gasteiger partial charge in [-0.15, -0.1) is 0 Å². The fourth-order valence-electron chi connectivity index (χ4n) is 3.33. The molecule has 184 valence electrons. The van der Waals surface area contributed by atoms with Gasteiger partial charge in [0.05, 0.1) is 12.0 Å². The molecule has 0 atom stereocenters. The third-order valence-corrected chi connectivity index (χ3v) is 6.22. The van der Waals surface area contributed by atoms with E-state index in [2.05, 4.69) is 5.32 Å². The van der Waals surface area contributed by atoms with Crippen molar-refractivity contribution >= 4 is 52.2 Å². The number of thioether (sulfide) groups is 1. The van der Waals surface area contributed by atoms with E-state index in [0.717, 1.165) is 22.2 Å². The number of rotatable bonds is 8. The molecule has 0 spiro atoms. The summed E-state index contributed by atoms with van der Waals surface area (Å²) in [6, 6.07) is 17.6. The first-order valence-corrected chi connectivity index (χ1v) is 11.9. The first-order valence-electron chi connectivity index (χ1n) is 10.7. The van der Waals surface area contributed by atoms with E-state index < -0.39 is 23.6 Å². The molecule has 1 saturated heterocycles. The number of anilines is 1. The molecule has 0 aromatic heterocycles. The van der Waals surface area contributed by atoms with E-state index in [1.807, 2.05) is 0 Å². The van der Waals surface area contributed by atoms with Gasteiger partial charge in [0.1, 0.15) is 19.0 Å². The average molecular weight is 527 g/mol. The first-order chi connectivity index (χ1) is 17.3. The molecule has 0 saturated carbocycles. The van der Waals surface area contributed by atoms with E-state index >= 15 is 0 Å². The maximum atomic E-state index is 13.1. The standard InChI is InChI=1S/C26H20ClFN2O5S/c1-34-22-11-17(7-10-21(22)35-15-16-5-8-19(28)9-6-16)12-23-25(32)30(26(33)36-23)14-24(31)29-20-4-2-3-18(27)13-20/h2-13H,14-15H2,1H3,(H,29,31)/b23-12-. The van der Waals surface area contributed by atoms with Gasteiger partial charge >= 0.3 is 0 Å². The van der Waals surface area contributed by atoms with Crippen LogP contribution in [-0.4, -0.2) is 35.6 Å². The number of carbonyl (C=O) groups excluding carboxylic acids is 3. The molecule has 3 amide bonds. The Morgan fingerprint density at radius 3 is 2.58 bits per heavy atom. The number of ether oxygens (including phenoxy) is 2. The first kappa shape index (κ1) is 25.3. The summed E-state index contributed by atoms with van der Waals surface area (Å²) in [6.45, 7) is -0.208. The number of nitrogens with one attached hydrogen (secondary N) is 1. The fraction of sp³-hybridized carbons (Fsp3) is 0.115. The highest BCUT2D eigenvalue weighted by Gasteiger charge is 2.36. The number of hydrogen-bond acceptors (Lipinski definition) is 6. The van der Waals surface area contributed by atoms with E-state index in [-0.39, 0.29) is 17.3 Å². The minimum Gasteiger partial charge on any atom is -0.493 e. The number of hydrogen-bond donors (Lipinski definition) is 1. The van der Waals surface area contributed by atoms with Crippen LogP contribution < -0.4 is 14.8 Å². The minimum atomic E-state index is -0.568. The Labute approximate surface area is 215 Å². The van der Waals surface area contributed by atoms with Crippen LogP contribution in [0, 0.1) is 5.82 Å². The van der Waals surface area contributed by atoms with E-state index in [9.17, 15) is 18.8 Å². The van der Waals surface area contributed by atoms with Crippen LogP contribution in [0.5, 0.6) is 11.5 Å². The van der Waals surface area contributed by atoms with Crippen molar-refractivity contribution in [3.05, 3.63) is 93.6 Å². The molecule has 3 aromatic rings. The third-order valence-electron chi connectivity index (χ3n) is 5.08. The number of benzene rings is 3. The highest BCUT2D eigenvalue weighted by molar-refractivity contribution is 8.18. The Balaban J connectivity index is 1.42. The molecular weight excluding hydrogens is 507 g/mol. The lowest BCUT2D eigenvalue weighted by atomic mass is 10.1. The summed E-state index contributed by atoms with van der Waals surface area (Å²) in [4.78, 5) is 38.6. The van der Waals surface area contributed by atoms with Crippen LogP contribution in [0.4, 0.5) is 14.9 Å². The highest BCUT2D eigenvalue weighted by atomic mass is 35.5. The summed E-state index contributed by atoms with van der Waals surface area (Å²) in [7, 11) is 1.48. The lowest BCUT2D eigenvalue weighted by Crippen LogP contribution is -2.36. The van der Waals surface area contributed by atoms with Gasteiger partial charge < -0.3 is 14.8 Å². The lowest BCUT2D eigenvalue weighted by molar-refractivity contribution is -0.127. The summed E-state index contributed by atoms with van der Waals surface area (Å²) in [5.74, 6) is -0.533. The molecule has 0 unspecified atom stereocenters. The zero-order valence-corrected chi connectivity index (χ0v) is 20.6. The summed E-state index contributed by atoms with van der Waals surface area (Å²) in [5.41, 5.74) is 1.86. The number of amides is 3. The predicted octanol–water partition coefficient (Wildman–Crippen LogP) is 5.74. The zero-order chi connectivity index (χ0) is 25.7. The molecule has 0 bridgehead atoms. The molecule has 0 radical (unpaired) electrons. The molecule has 36 heavy (non-hydrogen) atoms. The van der Waals surface area contributed by atoms with E-state index in [1.54, 1.807) is 60.7 Å². The summed E-state index contributed by atoms with van der Waals surface area (Å²) < 4.78 is 24.3. The molecule has 4 rings (SSSR count). The predicted molar refractivity (Wildman–Crippen MR) is 136 cm³/mol. The maximum absolute atomic E-state index is 13.1. The van der Waals surface area contributed by atoms with E-state index in [1.165, 1.54) is 19.2 Å². The minimum absolute atomic E-state index is 0.178. The molecule has 1 fully saturated rings. The smallest absolute Gasteiger partial charge is 0.294 e. The van der Waals surface area contributed by atoms with E-state index in [4.69, 9.17) is 21.1 Å². The molecule has 1 aliphatic heterocycles. The summed E-state index contributed by atoms with van der Waals surface area (Å²) in [6.07, 6.45) is 1.55. The van der Waals surface area contributed by atoms with Gasteiger partial charge in [0, 0.05) is 10.7 Å². The van der Waals surface area contributed by atoms with Crippen molar-refractivity contribution in [2.24, 2.45) is 0 Å². The number of methoxy groups -OCH3 is 1. The van der Waals surface area contributed by atoms with Crippen LogP contribution >= 0.6 is 23.4 Å². The second-order valence-electron chi connectivity index (χ2n) is 7.65. The van der Waals surface area contributed by atoms with Crippen molar-refractivity contribution in [1.82, 2.24) is 4.90 Å². The van der Waals surface area contributed by atoms with E-state index in [0.29, 0.717) is 27.8 Å². The number of nitrogens with zero attached hydrogens (tertiary/aromatic N) is 1. The monoisotopic (exact) mass is 526 g/mol. The van der Waals surface area contributed by atoms with Gasteiger partial charge in [-0.05, 0) is 71.4 Å². The van der Waals surface area contributed by atoms with Crippen LogP contribution in [0.3, 0.4) is 0 Å². The Kier molecular flexibility index (Phi) is 7.92. The normalized spacial score (nSPS) is 14.3. The molecule has 1 heterocycles. The molecule has 10 heteroatoms. The van der Waals surface area contributed by atoms with Crippen molar-refractivity contribution in [2.45, 2.75) is 6.61 Å². The third kappa shape index (κ3) is 6.24. The molecular formula is C26H20ClFN2O5S. The Hall–Kier alpha value is -3.82. The number of carbonyl (C=O) groups is 3. The van der Waals surface area contributed by atoms with Gasteiger partial charge in [0.15, 0.2) is 11.5 Å². The molecule has 3 aromatic carbocycles. The Bertz CT molecular complexity index is 1350. The lowest BCUT2D eigenvalue weighted by Gasteiger charge is -2.13. The fourth-order valence-corrected chi connectivity index (χ4v) is 4.36. The largest absolute Gasteiger partial charge is 0.493 e.